The molecule has 0 atom stereocenters. The topological polar surface area (TPSA) is 130 Å². The highest BCUT2D eigenvalue weighted by Gasteiger charge is 2.16. The van der Waals surface area contributed by atoms with E-state index in [2.05, 4.69) is 15.0 Å². The van der Waals surface area contributed by atoms with E-state index in [1.54, 1.807) is 27.9 Å². The van der Waals surface area contributed by atoms with E-state index in [1.807, 2.05) is 0 Å². The first-order valence-electron chi connectivity index (χ1n) is 8.00. The van der Waals surface area contributed by atoms with Gasteiger partial charge in [0, 0.05) is 25.2 Å². The third kappa shape index (κ3) is 3.60. The predicted molar refractivity (Wildman–Crippen MR) is 93.9 cm³/mol. The molecule has 3 aromatic rings. The van der Waals surface area contributed by atoms with E-state index >= 15 is 0 Å². The fourth-order valence-corrected chi connectivity index (χ4v) is 2.75. The molecule has 2 heterocycles. The Labute approximate surface area is 148 Å². The molecule has 10 nitrogen and oxygen atoms in total. The van der Waals surface area contributed by atoms with Crippen LogP contribution < -0.4 is 4.90 Å². The molecule has 0 fully saturated rings. The summed E-state index contributed by atoms with van der Waals surface area (Å²) in [7, 11) is 0. The zero-order valence-electron chi connectivity index (χ0n) is 13.9. The number of benzene rings is 1. The lowest BCUT2D eigenvalue weighted by atomic mass is 10.2. The van der Waals surface area contributed by atoms with Crippen molar-refractivity contribution < 1.29 is 15.1 Å². The Bertz CT molecular complexity index is 907. The van der Waals surface area contributed by atoms with Crippen molar-refractivity contribution >= 4 is 22.7 Å². The Hall–Kier alpha value is -3.11. The van der Waals surface area contributed by atoms with Crippen LogP contribution in [-0.4, -0.2) is 61.0 Å². The second kappa shape index (κ2) is 7.85. The van der Waals surface area contributed by atoms with Gasteiger partial charge in [-0.05, 0) is 5.56 Å². The maximum absolute atomic E-state index is 10.9. The summed E-state index contributed by atoms with van der Waals surface area (Å²) in [5.41, 5.74) is 1.89. The number of rotatable bonds is 8. The largest absolute Gasteiger partial charge is 0.395 e. The van der Waals surface area contributed by atoms with Crippen LogP contribution in [0, 0.1) is 10.1 Å². The van der Waals surface area contributed by atoms with E-state index < -0.39 is 4.92 Å². The summed E-state index contributed by atoms with van der Waals surface area (Å²) < 4.78 is 1.77. The van der Waals surface area contributed by atoms with Crippen LogP contribution >= 0.6 is 0 Å². The fourth-order valence-electron chi connectivity index (χ4n) is 2.75. The SMILES string of the molecule is O=[N+]([O-])c1cccc(Cn2cnc3c(N(CCO)CCO)ncnc32)c1. The molecule has 0 saturated carbocycles. The summed E-state index contributed by atoms with van der Waals surface area (Å²) in [4.78, 5) is 25.1. The number of nitro groups is 1. The highest BCUT2D eigenvalue weighted by atomic mass is 16.6. The normalized spacial score (nSPS) is 11.0. The number of fused-ring (bicyclic) bond motifs is 1. The van der Waals surface area contributed by atoms with Gasteiger partial charge in [-0.3, -0.25) is 10.1 Å². The minimum absolute atomic E-state index is 0.0271. The molecular weight excluding hydrogens is 340 g/mol. The summed E-state index contributed by atoms with van der Waals surface area (Å²) in [6, 6.07) is 6.39. The van der Waals surface area contributed by atoms with Crippen LogP contribution in [0.2, 0.25) is 0 Å². The third-order valence-electron chi connectivity index (χ3n) is 3.90. The van der Waals surface area contributed by atoms with Gasteiger partial charge >= 0.3 is 0 Å². The lowest BCUT2D eigenvalue weighted by molar-refractivity contribution is -0.384. The van der Waals surface area contributed by atoms with E-state index in [0.717, 1.165) is 5.56 Å². The molecule has 136 valence electrons. The number of anilines is 1. The quantitative estimate of drug-likeness (QED) is 0.441. The molecule has 3 rings (SSSR count). The molecule has 10 heteroatoms. The smallest absolute Gasteiger partial charge is 0.269 e. The van der Waals surface area contributed by atoms with Gasteiger partial charge in [0.05, 0.1) is 31.0 Å². The summed E-state index contributed by atoms with van der Waals surface area (Å²) >= 11 is 0. The average molecular weight is 358 g/mol. The van der Waals surface area contributed by atoms with Gasteiger partial charge in [-0.1, -0.05) is 12.1 Å². The Morgan fingerprint density at radius 2 is 1.92 bits per heavy atom. The first-order valence-corrected chi connectivity index (χ1v) is 8.00. The number of hydrogen-bond acceptors (Lipinski definition) is 8. The number of nitrogens with zero attached hydrogens (tertiary/aromatic N) is 6. The van der Waals surface area contributed by atoms with Crippen molar-refractivity contribution in [3.63, 3.8) is 0 Å². The van der Waals surface area contributed by atoms with Crippen molar-refractivity contribution in [1.29, 1.82) is 0 Å². The fraction of sp³-hybridized carbons (Fsp3) is 0.312. The van der Waals surface area contributed by atoms with Gasteiger partial charge in [-0.15, -0.1) is 0 Å². The minimum atomic E-state index is -0.433. The zero-order chi connectivity index (χ0) is 18.5. The van der Waals surface area contributed by atoms with Crippen LogP contribution in [0.3, 0.4) is 0 Å². The molecule has 0 unspecified atom stereocenters. The molecule has 0 aliphatic carbocycles. The lowest BCUT2D eigenvalue weighted by Crippen LogP contribution is -2.30. The highest BCUT2D eigenvalue weighted by molar-refractivity contribution is 5.83. The summed E-state index contributed by atoms with van der Waals surface area (Å²) in [5.74, 6) is 0.524. The van der Waals surface area contributed by atoms with Gasteiger partial charge in [0.25, 0.3) is 5.69 Å². The summed E-state index contributed by atoms with van der Waals surface area (Å²) in [6.07, 6.45) is 2.99. The standard InChI is InChI=1S/C16H18N6O4/c23-6-4-20(5-7-24)15-14-16(18-10-17-15)21(11-19-14)9-12-2-1-3-13(8-12)22(25)26/h1-3,8,10-11,23-24H,4-7,9H2. The van der Waals surface area contributed by atoms with Crippen molar-refractivity contribution in [3.8, 4) is 0 Å². The summed E-state index contributed by atoms with van der Waals surface area (Å²) in [5, 5.41) is 29.4. The van der Waals surface area contributed by atoms with E-state index in [1.165, 1.54) is 18.5 Å². The van der Waals surface area contributed by atoms with Gasteiger partial charge < -0.3 is 19.7 Å². The summed E-state index contributed by atoms with van der Waals surface area (Å²) in [6.45, 7) is 0.823. The molecular formula is C16H18N6O4. The van der Waals surface area contributed by atoms with Crippen molar-refractivity contribution in [2.75, 3.05) is 31.2 Å². The number of non-ortho nitro benzene ring substituents is 1. The maximum atomic E-state index is 10.9. The second-order valence-corrected chi connectivity index (χ2v) is 5.60. The van der Waals surface area contributed by atoms with Crippen LogP contribution in [-0.2, 0) is 6.54 Å². The molecule has 26 heavy (non-hydrogen) atoms. The van der Waals surface area contributed by atoms with Gasteiger partial charge in [0.15, 0.2) is 17.0 Å². The molecule has 0 aliphatic rings. The Morgan fingerprint density at radius 1 is 1.15 bits per heavy atom. The van der Waals surface area contributed by atoms with Crippen LogP contribution in [0.5, 0.6) is 0 Å². The minimum Gasteiger partial charge on any atom is -0.395 e. The van der Waals surface area contributed by atoms with E-state index in [9.17, 15) is 20.3 Å². The van der Waals surface area contributed by atoms with E-state index in [-0.39, 0.29) is 18.9 Å². The second-order valence-electron chi connectivity index (χ2n) is 5.60. The third-order valence-corrected chi connectivity index (χ3v) is 3.90. The van der Waals surface area contributed by atoms with E-state index in [0.29, 0.717) is 36.6 Å². The van der Waals surface area contributed by atoms with Gasteiger partial charge in [0.2, 0.25) is 0 Å². The van der Waals surface area contributed by atoms with Gasteiger partial charge in [0.1, 0.15) is 6.33 Å². The van der Waals surface area contributed by atoms with Crippen molar-refractivity contribution in [2.24, 2.45) is 0 Å². The van der Waals surface area contributed by atoms with Gasteiger partial charge in [-0.25, -0.2) is 15.0 Å². The van der Waals surface area contributed by atoms with Crippen molar-refractivity contribution in [1.82, 2.24) is 19.5 Å². The molecule has 0 amide bonds. The number of imidazole rings is 1. The number of nitro benzene ring substituents is 1. The van der Waals surface area contributed by atoms with Crippen LogP contribution in [0.4, 0.5) is 11.5 Å². The molecule has 2 aromatic heterocycles. The lowest BCUT2D eigenvalue weighted by Gasteiger charge is -2.21. The van der Waals surface area contributed by atoms with Crippen LogP contribution in [0.25, 0.3) is 11.2 Å². The average Bonchev–Trinajstić information content (AvgIpc) is 3.05. The molecule has 0 aliphatic heterocycles. The zero-order valence-corrected chi connectivity index (χ0v) is 13.9. The molecule has 0 radical (unpaired) electrons. The number of aliphatic hydroxyl groups excluding tert-OH is 2. The van der Waals surface area contributed by atoms with Crippen molar-refractivity contribution in [2.45, 2.75) is 6.54 Å². The Balaban J connectivity index is 1.95. The number of aromatic nitrogens is 4. The van der Waals surface area contributed by atoms with Crippen molar-refractivity contribution in [3.05, 3.63) is 52.6 Å². The molecule has 0 bridgehead atoms. The van der Waals surface area contributed by atoms with Crippen LogP contribution in [0.15, 0.2) is 36.9 Å². The monoisotopic (exact) mass is 358 g/mol. The number of hydrogen-bond donors (Lipinski definition) is 2. The molecule has 1 aromatic carbocycles. The Morgan fingerprint density at radius 3 is 2.62 bits per heavy atom. The molecule has 2 N–H and O–H groups in total. The molecule has 0 spiro atoms. The first-order chi connectivity index (χ1) is 12.6. The number of aliphatic hydroxyl groups is 2. The Kier molecular flexibility index (Phi) is 5.34. The predicted octanol–water partition coefficient (Wildman–Crippen LogP) is 0.574. The van der Waals surface area contributed by atoms with Gasteiger partial charge in [-0.2, -0.15) is 0 Å². The maximum Gasteiger partial charge on any atom is 0.269 e. The first kappa shape index (κ1) is 17.7. The van der Waals surface area contributed by atoms with Crippen LogP contribution in [0.1, 0.15) is 5.56 Å². The molecule has 0 saturated heterocycles. The van der Waals surface area contributed by atoms with E-state index in [4.69, 9.17) is 0 Å². The highest BCUT2D eigenvalue weighted by Crippen LogP contribution is 2.22.